The minimum atomic E-state index is -0.327. The van der Waals surface area contributed by atoms with E-state index in [1.54, 1.807) is 24.3 Å². The third-order valence-electron chi connectivity index (χ3n) is 4.81. The lowest BCUT2D eigenvalue weighted by Gasteiger charge is -2.32. The second-order valence-corrected chi connectivity index (χ2v) is 7.06. The number of carbonyl (C=O) groups is 1. The number of hydrogen-bond donors (Lipinski definition) is 1. The molecule has 1 unspecified atom stereocenters. The van der Waals surface area contributed by atoms with Gasteiger partial charge in [-0.15, -0.1) is 0 Å². The maximum Gasteiger partial charge on any atom is 0.330 e. The van der Waals surface area contributed by atoms with Gasteiger partial charge in [0, 0.05) is 37.2 Å². The van der Waals surface area contributed by atoms with Gasteiger partial charge in [-0.05, 0) is 36.6 Å². The molecule has 0 amide bonds. The topological polar surface area (TPSA) is 69.8 Å². The molecule has 0 bridgehead atoms. The number of hydrogen-bond acceptors (Lipinski definition) is 4. The van der Waals surface area contributed by atoms with Crippen molar-refractivity contribution < 1.29 is 19.7 Å². The lowest BCUT2D eigenvalue weighted by Crippen LogP contribution is -2.37. The molecule has 1 heterocycles. The second kappa shape index (κ2) is 9.80. The van der Waals surface area contributed by atoms with Crippen molar-refractivity contribution in [2.75, 3.05) is 19.7 Å². The molecule has 6 heteroatoms. The van der Waals surface area contributed by atoms with Crippen molar-refractivity contribution >= 4 is 17.7 Å². The molecule has 1 aliphatic heterocycles. The molecule has 146 valence electrons. The molecule has 28 heavy (non-hydrogen) atoms. The summed E-state index contributed by atoms with van der Waals surface area (Å²) in [4.78, 5) is 25.2. The van der Waals surface area contributed by atoms with E-state index >= 15 is 0 Å². The first-order chi connectivity index (χ1) is 13.6. The highest BCUT2D eigenvalue weighted by Gasteiger charge is 2.22. The molecule has 1 atom stereocenters. The van der Waals surface area contributed by atoms with Crippen LogP contribution in [-0.2, 0) is 16.1 Å². The molecule has 0 saturated carbocycles. The molecule has 1 fully saturated rings. The Morgan fingerprint density at radius 1 is 1.21 bits per heavy atom. The molecule has 0 aromatic heterocycles. The van der Waals surface area contributed by atoms with E-state index in [1.807, 2.05) is 36.4 Å². The van der Waals surface area contributed by atoms with E-state index in [4.69, 9.17) is 9.94 Å². The fourth-order valence-electron chi connectivity index (χ4n) is 3.44. The van der Waals surface area contributed by atoms with Gasteiger partial charge in [0.15, 0.2) is 0 Å². The van der Waals surface area contributed by atoms with Crippen LogP contribution in [-0.4, -0.2) is 40.7 Å². The van der Waals surface area contributed by atoms with Gasteiger partial charge in [0.05, 0.1) is 11.5 Å². The Morgan fingerprint density at radius 2 is 2.04 bits per heavy atom. The van der Waals surface area contributed by atoms with Crippen LogP contribution in [0.4, 0.5) is 5.69 Å². The first-order valence-electron chi connectivity index (χ1n) is 9.47. The zero-order valence-electron chi connectivity index (χ0n) is 15.7. The highest BCUT2D eigenvalue weighted by atomic mass is 16.6. The Balaban J connectivity index is 1.47. The summed E-state index contributed by atoms with van der Waals surface area (Å²) in [6.07, 6.45) is 5.28. The van der Waals surface area contributed by atoms with E-state index in [0.717, 1.165) is 37.1 Å². The van der Waals surface area contributed by atoms with Gasteiger partial charge in [0.2, 0.25) is 0 Å². The van der Waals surface area contributed by atoms with Gasteiger partial charge in [-0.3, -0.25) is 4.90 Å². The maximum atomic E-state index is 12.0. The number of ether oxygens (including phenoxy) is 1. The molecule has 1 aliphatic rings. The van der Waals surface area contributed by atoms with Crippen molar-refractivity contribution in [3.05, 3.63) is 76.7 Å². The van der Waals surface area contributed by atoms with Gasteiger partial charge in [-0.2, -0.15) is 0 Å². The quantitative estimate of drug-likeness (QED) is 0.447. The number of nitrogens with zero attached hydrogens (tertiary/aromatic N) is 2. The molecule has 0 aliphatic carbocycles. The van der Waals surface area contributed by atoms with Crippen LogP contribution in [0.1, 0.15) is 24.0 Å². The van der Waals surface area contributed by atoms with Gasteiger partial charge < -0.3 is 4.74 Å². The minimum Gasteiger partial charge on any atom is -0.462 e. The number of carbonyl (C=O) groups excluding carboxylic acids is 1. The molecular formula is C22H25N2O4+. The van der Waals surface area contributed by atoms with Crippen LogP contribution in [0, 0.1) is 10.8 Å². The number of piperidine rings is 1. The van der Waals surface area contributed by atoms with Crippen LogP contribution in [0.3, 0.4) is 0 Å². The Labute approximate surface area is 164 Å². The number of esters is 1. The highest BCUT2D eigenvalue weighted by molar-refractivity contribution is 5.87. The van der Waals surface area contributed by atoms with Crippen LogP contribution in [0.25, 0.3) is 6.08 Å². The predicted octanol–water partition coefficient (Wildman–Crippen LogP) is 3.95. The molecular weight excluding hydrogens is 356 g/mol. The lowest BCUT2D eigenvalue weighted by atomic mass is 9.98. The average Bonchev–Trinajstić information content (AvgIpc) is 2.72. The van der Waals surface area contributed by atoms with Crippen LogP contribution in [0.15, 0.2) is 60.7 Å². The zero-order valence-corrected chi connectivity index (χ0v) is 15.7. The summed E-state index contributed by atoms with van der Waals surface area (Å²) in [6.45, 7) is 2.89. The van der Waals surface area contributed by atoms with E-state index in [9.17, 15) is 9.70 Å². The minimum absolute atomic E-state index is 0.120. The van der Waals surface area contributed by atoms with Gasteiger partial charge in [0.1, 0.15) is 0 Å². The lowest BCUT2D eigenvalue weighted by molar-refractivity contribution is -0.729. The summed E-state index contributed by atoms with van der Waals surface area (Å²) < 4.78 is 5.42. The number of likely N-dealkylation sites (tertiary alicyclic amines) is 1. The highest BCUT2D eigenvalue weighted by Crippen LogP contribution is 2.20. The van der Waals surface area contributed by atoms with E-state index in [2.05, 4.69) is 4.90 Å². The molecule has 2 aromatic rings. The fraction of sp³-hybridized carbons (Fsp3) is 0.318. The molecule has 1 saturated heterocycles. The predicted molar refractivity (Wildman–Crippen MR) is 106 cm³/mol. The largest absolute Gasteiger partial charge is 0.462 e. The number of rotatable bonds is 7. The molecule has 0 spiro atoms. The summed E-state index contributed by atoms with van der Waals surface area (Å²) in [5.41, 5.74) is 2.16. The Kier molecular flexibility index (Phi) is 6.92. The van der Waals surface area contributed by atoms with Gasteiger partial charge >= 0.3 is 11.7 Å². The third-order valence-corrected chi connectivity index (χ3v) is 4.81. The Hall–Kier alpha value is -2.99. The fourth-order valence-corrected chi connectivity index (χ4v) is 3.44. The summed E-state index contributed by atoms with van der Waals surface area (Å²) in [5.74, 6) is -0.0352. The van der Waals surface area contributed by atoms with Crippen LogP contribution < -0.4 is 0 Å². The molecule has 1 N–H and O–H groups in total. The Bertz CT molecular complexity index is 835. The van der Waals surface area contributed by atoms with Crippen molar-refractivity contribution in [2.24, 2.45) is 5.92 Å². The third kappa shape index (κ3) is 6.03. The van der Waals surface area contributed by atoms with Crippen molar-refractivity contribution in [1.29, 1.82) is 0 Å². The summed E-state index contributed by atoms with van der Waals surface area (Å²) in [7, 11) is 0. The summed E-state index contributed by atoms with van der Waals surface area (Å²) in [5, 5.41) is 9.04. The van der Waals surface area contributed by atoms with Crippen molar-refractivity contribution in [3.8, 4) is 0 Å². The SMILES string of the molecule is O=C(/C=C/c1ccccc1)OCC1CCCN(Cc2cccc([N+](=O)O)c2)C1. The summed E-state index contributed by atoms with van der Waals surface area (Å²) in [6, 6.07) is 16.6. The van der Waals surface area contributed by atoms with Crippen LogP contribution in [0.2, 0.25) is 0 Å². The van der Waals surface area contributed by atoms with E-state index in [0.29, 0.717) is 19.1 Å². The summed E-state index contributed by atoms with van der Waals surface area (Å²) >= 11 is 0. The van der Waals surface area contributed by atoms with E-state index in [-0.39, 0.29) is 16.6 Å². The maximum absolute atomic E-state index is 12.0. The van der Waals surface area contributed by atoms with Crippen molar-refractivity contribution in [1.82, 2.24) is 4.90 Å². The van der Waals surface area contributed by atoms with Gasteiger partial charge in [-0.1, -0.05) is 42.5 Å². The monoisotopic (exact) mass is 381 g/mol. The van der Waals surface area contributed by atoms with E-state index < -0.39 is 0 Å². The van der Waals surface area contributed by atoms with Gasteiger partial charge in [0.25, 0.3) is 4.92 Å². The van der Waals surface area contributed by atoms with Crippen molar-refractivity contribution in [3.63, 3.8) is 0 Å². The van der Waals surface area contributed by atoms with Crippen molar-refractivity contribution in [2.45, 2.75) is 19.4 Å². The van der Waals surface area contributed by atoms with Gasteiger partial charge in [-0.25, -0.2) is 10.0 Å². The van der Waals surface area contributed by atoms with Crippen LogP contribution >= 0.6 is 0 Å². The molecule has 6 nitrogen and oxygen atoms in total. The zero-order chi connectivity index (χ0) is 19.8. The van der Waals surface area contributed by atoms with E-state index in [1.165, 1.54) is 6.08 Å². The Morgan fingerprint density at radius 3 is 2.82 bits per heavy atom. The second-order valence-electron chi connectivity index (χ2n) is 7.06. The normalized spacial score (nSPS) is 17.5. The smallest absolute Gasteiger partial charge is 0.330 e. The molecule has 3 rings (SSSR count). The number of benzene rings is 2. The standard InChI is InChI=1S/C22H25N2O4/c25-22(12-11-18-6-2-1-3-7-18)28-17-20-9-5-13-23(16-20)15-19-8-4-10-21(14-19)24(26)27/h1-4,6-8,10-12,14,20H,5,9,13,15-17H2,(H,26,27)/q+1/b12-11+. The molecule has 2 aromatic carbocycles. The first kappa shape index (κ1) is 19.8. The first-order valence-corrected chi connectivity index (χ1v) is 9.47. The van der Waals surface area contributed by atoms with Crippen LogP contribution in [0.5, 0.6) is 0 Å². The average molecular weight is 381 g/mol. The molecule has 0 radical (unpaired) electrons.